The van der Waals surface area contributed by atoms with Gasteiger partial charge in [0.1, 0.15) is 29.2 Å². The van der Waals surface area contributed by atoms with Crippen molar-refractivity contribution in [2.75, 3.05) is 18.2 Å². The summed E-state index contributed by atoms with van der Waals surface area (Å²) in [7, 11) is 1.54. The molecule has 3 atom stereocenters. The highest BCUT2D eigenvalue weighted by molar-refractivity contribution is 7.80. The van der Waals surface area contributed by atoms with Crippen molar-refractivity contribution in [1.82, 2.24) is 10.2 Å². The maximum Gasteiger partial charge on any atom is 0.408 e. The minimum atomic E-state index is -1.20. The number of methoxy groups -OCH3 is 1. The molecule has 0 aliphatic carbocycles. The van der Waals surface area contributed by atoms with E-state index in [4.69, 9.17) is 9.47 Å². The lowest BCUT2D eigenvalue weighted by Crippen LogP contribution is -2.55. The van der Waals surface area contributed by atoms with Crippen LogP contribution in [0.3, 0.4) is 0 Å². The van der Waals surface area contributed by atoms with Gasteiger partial charge in [0, 0.05) is 23.0 Å². The molecule has 0 aromatic heterocycles. The van der Waals surface area contributed by atoms with Crippen LogP contribution in [0.5, 0.6) is 11.5 Å². The summed E-state index contributed by atoms with van der Waals surface area (Å²) in [6, 6.07) is 10.4. The number of nitrogens with one attached hydrogen (secondary N) is 2. The number of ether oxygens (including phenoxy) is 2. The molecule has 0 aliphatic heterocycles. The molecule has 0 aliphatic rings. The highest BCUT2D eigenvalue weighted by Crippen LogP contribution is 2.33. The van der Waals surface area contributed by atoms with Crippen molar-refractivity contribution in [3.05, 3.63) is 54.1 Å². The first-order valence-corrected chi connectivity index (χ1v) is 12.7. The van der Waals surface area contributed by atoms with E-state index < -0.39 is 41.6 Å². The van der Waals surface area contributed by atoms with Crippen molar-refractivity contribution < 1.29 is 29.0 Å². The van der Waals surface area contributed by atoms with Gasteiger partial charge in [0.2, 0.25) is 5.91 Å². The van der Waals surface area contributed by atoms with Gasteiger partial charge in [-0.3, -0.25) is 9.59 Å². The summed E-state index contributed by atoms with van der Waals surface area (Å²) >= 11 is 4.28. The third kappa shape index (κ3) is 8.31. The van der Waals surface area contributed by atoms with Gasteiger partial charge in [-0.25, -0.2) is 4.79 Å². The minimum absolute atomic E-state index is 0.0292. The van der Waals surface area contributed by atoms with Crippen molar-refractivity contribution >= 4 is 36.2 Å². The van der Waals surface area contributed by atoms with E-state index in [1.54, 1.807) is 77.3 Å². The Labute approximate surface area is 223 Å². The molecule has 10 heteroatoms. The van der Waals surface area contributed by atoms with Crippen LogP contribution >= 0.6 is 12.6 Å². The van der Waals surface area contributed by atoms with Crippen molar-refractivity contribution in [3.63, 3.8) is 0 Å². The maximum atomic E-state index is 13.9. The zero-order valence-corrected chi connectivity index (χ0v) is 23.0. The molecule has 0 saturated carbocycles. The molecule has 3 unspecified atom stereocenters. The number of phenolic OH excluding ortho intramolecular Hbond substituents is 1. The summed E-state index contributed by atoms with van der Waals surface area (Å²) in [5, 5.41) is 16.1. The van der Waals surface area contributed by atoms with Crippen molar-refractivity contribution in [1.29, 1.82) is 0 Å². The van der Waals surface area contributed by atoms with E-state index >= 15 is 0 Å². The first kappa shape index (κ1) is 29.8. The zero-order chi connectivity index (χ0) is 27.8. The van der Waals surface area contributed by atoms with E-state index in [2.05, 4.69) is 23.3 Å². The van der Waals surface area contributed by atoms with Gasteiger partial charge < -0.3 is 30.1 Å². The largest absolute Gasteiger partial charge is 0.508 e. The van der Waals surface area contributed by atoms with Gasteiger partial charge >= 0.3 is 6.09 Å². The van der Waals surface area contributed by atoms with Gasteiger partial charge in [-0.15, -0.1) is 0 Å². The van der Waals surface area contributed by atoms with Crippen LogP contribution in [-0.2, 0) is 14.3 Å². The number of nitrogens with zero attached hydrogens (tertiary/aromatic N) is 1. The number of phenols is 1. The fourth-order valence-electron chi connectivity index (χ4n) is 3.63. The van der Waals surface area contributed by atoms with E-state index in [0.29, 0.717) is 17.9 Å². The lowest BCUT2D eigenvalue weighted by molar-refractivity contribution is -0.143. The molecule has 0 bridgehead atoms. The molecule has 9 nitrogen and oxygen atoms in total. The number of carbonyl (C=O) groups is 3. The average molecular weight is 532 g/mol. The van der Waals surface area contributed by atoms with Crippen molar-refractivity contribution in [2.45, 2.75) is 64.8 Å². The molecule has 0 saturated heterocycles. The van der Waals surface area contributed by atoms with E-state index in [-0.39, 0.29) is 17.1 Å². The number of anilines is 1. The molecule has 2 rings (SSSR count). The Balaban J connectivity index is 2.50. The van der Waals surface area contributed by atoms with Gasteiger partial charge in [0.05, 0.1) is 7.11 Å². The average Bonchev–Trinajstić information content (AvgIpc) is 2.85. The molecule has 3 amide bonds. The zero-order valence-electron chi connectivity index (χ0n) is 22.1. The Kier molecular flexibility index (Phi) is 10.7. The van der Waals surface area contributed by atoms with Crippen LogP contribution in [-0.4, -0.2) is 58.5 Å². The number of hydrogen-bond donors (Lipinski definition) is 4. The summed E-state index contributed by atoms with van der Waals surface area (Å²) in [5.74, 6) is -0.611. The van der Waals surface area contributed by atoms with Crippen molar-refractivity contribution in [3.8, 4) is 11.5 Å². The summed E-state index contributed by atoms with van der Waals surface area (Å²) in [6.45, 7) is 8.83. The van der Waals surface area contributed by atoms with Gasteiger partial charge in [0.25, 0.3) is 5.91 Å². The molecule has 0 spiro atoms. The molecule has 0 fully saturated rings. The second-order valence-electron chi connectivity index (χ2n) is 9.56. The van der Waals surface area contributed by atoms with E-state index in [9.17, 15) is 19.5 Å². The fourth-order valence-corrected chi connectivity index (χ4v) is 3.88. The van der Waals surface area contributed by atoms with Gasteiger partial charge in [-0.05, 0) is 64.4 Å². The standard InChI is InChI=1S/C27H37N3O6S/c1-7-17(2)30(25(33)21(16-37)29-26(34)36-27(3,4)5)23(20-10-8-9-11-22(20)31)24(32)28-18-12-14-19(35-6)15-13-18/h8-15,17,21,23,31,37H,7,16H2,1-6H3,(H,28,32)(H,29,34). The Hall–Kier alpha value is -3.40. The number of alkyl carbamates (subject to hydrolysis) is 1. The molecule has 37 heavy (non-hydrogen) atoms. The second kappa shape index (κ2) is 13.2. The highest BCUT2D eigenvalue weighted by atomic mass is 32.1. The number of aromatic hydroxyl groups is 1. The van der Waals surface area contributed by atoms with E-state index in [1.165, 1.54) is 11.0 Å². The topological polar surface area (TPSA) is 117 Å². The smallest absolute Gasteiger partial charge is 0.408 e. The summed E-state index contributed by atoms with van der Waals surface area (Å²) in [4.78, 5) is 41.4. The predicted molar refractivity (Wildman–Crippen MR) is 146 cm³/mol. The Morgan fingerprint density at radius 1 is 1.08 bits per heavy atom. The first-order valence-electron chi connectivity index (χ1n) is 12.1. The van der Waals surface area contributed by atoms with E-state index in [0.717, 1.165) is 0 Å². The maximum absolute atomic E-state index is 13.9. The number of thiol groups is 1. The number of para-hydroxylation sites is 1. The number of carbonyl (C=O) groups excluding carboxylic acids is 3. The minimum Gasteiger partial charge on any atom is -0.508 e. The van der Waals surface area contributed by atoms with Crippen LogP contribution < -0.4 is 15.4 Å². The Bertz CT molecular complexity index is 1070. The first-order chi connectivity index (χ1) is 17.4. The van der Waals surface area contributed by atoms with E-state index in [1.807, 2.05) is 6.92 Å². The molecule has 0 radical (unpaired) electrons. The molecule has 2 aromatic carbocycles. The van der Waals surface area contributed by atoms with Crippen LogP contribution in [0.15, 0.2) is 48.5 Å². The number of rotatable bonds is 10. The molecular formula is C27H37N3O6S. The summed E-state index contributed by atoms with van der Waals surface area (Å²) in [5.41, 5.74) is -0.0286. The van der Waals surface area contributed by atoms with Gasteiger partial charge in [-0.2, -0.15) is 12.6 Å². The summed E-state index contributed by atoms with van der Waals surface area (Å²) < 4.78 is 10.5. The quantitative estimate of drug-likeness (QED) is 0.335. The predicted octanol–water partition coefficient (Wildman–Crippen LogP) is 4.53. The molecule has 2 aromatic rings. The third-order valence-electron chi connectivity index (χ3n) is 5.61. The molecular weight excluding hydrogens is 494 g/mol. The van der Waals surface area contributed by atoms with Crippen LogP contribution in [0.1, 0.15) is 52.6 Å². The van der Waals surface area contributed by atoms with Crippen LogP contribution in [0, 0.1) is 0 Å². The normalized spacial score (nSPS) is 13.6. The Morgan fingerprint density at radius 3 is 2.22 bits per heavy atom. The fraction of sp³-hybridized carbons (Fsp3) is 0.444. The van der Waals surface area contributed by atoms with Crippen LogP contribution in [0.4, 0.5) is 10.5 Å². The third-order valence-corrected chi connectivity index (χ3v) is 5.97. The van der Waals surface area contributed by atoms with Gasteiger partial charge in [-0.1, -0.05) is 25.1 Å². The number of benzene rings is 2. The number of hydrogen-bond acceptors (Lipinski definition) is 7. The lowest BCUT2D eigenvalue weighted by atomic mass is 9.99. The monoisotopic (exact) mass is 531 g/mol. The number of amides is 3. The van der Waals surface area contributed by atoms with Crippen LogP contribution in [0.25, 0.3) is 0 Å². The van der Waals surface area contributed by atoms with Crippen LogP contribution in [0.2, 0.25) is 0 Å². The molecule has 3 N–H and O–H groups in total. The van der Waals surface area contributed by atoms with Crippen molar-refractivity contribution in [2.24, 2.45) is 0 Å². The molecule has 0 heterocycles. The van der Waals surface area contributed by atoms with Gasteiger partial charge in [0.15, 0.2) is 0 Å². The Morgan fingerprint density at radius 2 is 1.70 bits per heavy atom. The SMILES string of the molecule is CCC(C)N(C(=O)C(CS)NC(=O)OC(C)(C)C)C(C(=O)Nc1ccc(OC)cc1)c1ccccc1O. The highest BCUT2D eigenvalue weighted by Gasteiger charge is 2.39. The summed E-state index contributed by atoms with van der Waals surface area (Å²) in [6.07, 6.45) is -0.261. The lowest BCUT2D eigenvalue weighted by Gasteiger charge is -2.38. The molecule has 202 valence electrons. The second-order valence-corrected chi connectivity index (χ2v) is 9.93.